The molecule has 1 aromatic heterocycles. The van der Waals surface area contributed by atoms with Gasteiger partial charge in [-0.05, 0) is 54.5 Å². The molecule has 0 fully saturated rings. The summed E-state index contributed by atoms with van der Waals surface area (Å²) in [5, 5.41) is 0.812. The zero-order chi connectivity index (χ0) is 17.1. The summed E-state index contributed by atoms with van der Waals surface area (Å²) in [7, 11) is 1.60. The van der Waals surface area contributed by atoms with Crippen molar-refractivity contribution in [1.82, 2.24) is 0 Å². The van der Waals surface area contributed by atoms with Crippen molar-refractivity contribution < 1.29 is 13.9 Å². The van der Waals surface area contributed by atoms with Gasteiger partial charge >= 0.3 is 5.63 Å². The van der Waals surface area contributed by atoms with Gasteiger partial charge in [0.2, 0.25) is 0 Å². The second-order valence-corrected chi connectivity index (χ2v) is 5.62. The lowest BCUT2D eigenvalue weighted by molar-refractivity contribution is 0.353. The fourth-order valence-corrected chi connectivity index (χ4v) is 2.37. The summed E-state index contributed by atoms with van der Waals surface area (Å²) in [6.45, 7) is 6.18. The van der Waals surface area contributed by atoms with Crippen LogP contribution in [-0.4, -0.2) is 13.7 Å². The van der Waals surface area contributed by atoms with Crippen molar-refractivity contribution >= 4 is 11.0 Å². The normalized spacial score (nSPS) is 10.6. The summed E-state index contributed by atoms with van der Waals surface area (Å²) in [6.07, 6.45) is 0. The van der Waals surface area contributed by atoms with E-state index < -0.39 is 0 Å². The fourth-order valence-electron chi connectivity index (χ4n) is 2.37. The minimum absolute atomic E-state index is 0.372. The zero-order valence-electron chi connectivity index (χ0n) is 13.7. The fraction of sp³-hybridized carbons (Fsp3) is 0.150. The zero-order valence-corrected chi connectivity index (χ0v) is 13.7. The van der Waals surface area contributed by atoms with Crippen LogP contribution in [0.15, 0.2) is 69.9 Å². The maximum absolute atomic E-state index is 12.2. The topological polar surface area (TPSA) is 48.7 Å². The van der Waals surface area contributed by atoms with Crippen LogP contribution in [0.1, 0.15) is 6.92 Å². The molecule has 0 aliphatic rings. The number of benzene rings is 2. The first-order valence-corrected chi connectivity index (χ1v) is 7.56. The largest absolute Gasteiger partial charge is 0.497 e. The first kappa shape index (κ1) is 15.9. The minimum Gasteiger partial charge on any atom is -0.497 e. The van der Waals surface area contributed by atoms with Gasteiger partial charge in [-0.25, -0.2) is 4.79 Å². The van der Waals surface area contributed by atoms with Crippen LogP contribution in [0.5, 0.6) is 11.5 Å². The van der Waals surface area contributed by atoms with Crippen molar-refractivity contribution in [3.05, 3.63) is 71.1 Å². The van der Waals surface area contributed by atoms with Gasteiger partial charge in [0.05, 0.1) is 12.7 Å². The molecule has 0 bridgehead atoms. The molecule has 0 N–H and O–H groups in total. The SMILES string of the molecule is C=C(C)COc1ccc(-c2cc3cc(OC)ccc3oc2=O)cc1. The van der Waals surface area contributed by atoms with Crippen molar-refractivity contribution in [3.63, 3.8) is 0 Å². The molecule has 0 amide bonds. The Morgan fingerprint density at radius 1 is 1.08 bits per heavy atom. The Morgan fingerprint density at radius 2 is 1.79 bits per heavy atom. The lowest BCUT2D eigenvalue weighted by Gasteiger charge is -2.07. The van der Waals surface area contributed by atoms with Gasteiger partial charge in [-0.15, -0.1) is 0 Å². The van der Waals surface area contributed by atoms with E-state index in [4.69, 9.17) is 13.9 Å². The van der Waals surface area contributed by atoms with E-state index in [0.717, 1.165) is 22.3 Å². The van der Waals surface area contributed by atoms with Crippen molar-refractivity contribution in [2.45, 2.75) is 6.92 Å². The molecule has 0 unspecified atom stereocenters. The van der Waals surface area contributed by atoms with Crippen LogP contribution in [-0.2, 0) is 0 Å². The maximum atomic E-state index is 12.2. The molecule has 24 heavy (non-hydrogen) atoms. The molecule has 4 nitrogen and oxygen atoms in total. The van der Waals surface area contributed by atoms with Crippen LogP contribution in [0.25, 0.3) is 22.1 Å². The summed E-state index contributed by atoms with van der Waals surface area (Å²) in [4.78, 5) is 12.2. The number of hydrogen-bond acceptors (Lipinski definition) is 4. The minimum atomic E-state index is -0.372. The maximum Gasteiger partial charge on any atom is 0.344 e. The molecule has 0 aliphatic carbocycles. The summed E-state index contributed by atoms with van der Waals surface area (Å²) in [6, 6.07) is 14.5. The molecule has 0 saturated carbocycles. The van der Waals surface area contributed by atoms with Gasteiger partial charge in [-0.2, -0.15) is 0 Å². The number of fused-ring (bicyclic) bond motifs is 1. The van der Waals surface area contributed by atoms with Gasteiger partial charge < -0.3 is 13.9 Å². The molecule has 122 valence electrons. The number of hydrogen-bond donors (Lipinski definition) is 0. The molecular formula is C20H18O4. The van der Waals surface area contributed by atoms with Gasteiger partial charge in [-0.3, -0.25) is 0 Å². The molecule has 3 aromatic rings. The molecule has 3 rings (SSSR count). The number of rotatable bonds is 5. The molecular weight excluding hydrogens is 304 g/mol. The van der Waals surface area contributed by atoms with Gasteiger partial charge in [0, 0.05) is 5.39 Å². The summed E-state index contributed by atoms with van der Waals surface area (Å²) in [5.41, 5.74) is 2.38. The Bertz CT molecular complexity index is 936. The Labute approximate surface area is 139 Å². The molecule has 0 spiro atoms. The standard InChI is InChI=1S/C20H18O4/c1-13(2)12-23-16-6-4-14(5-7-16)18-11-15-10-17(22-3)8-9-19(15)24-20(18)21/h4-11H,1,12H2,2-3H3. The smallest absolute Gasteiger partial charge is 0.344 e. The highest BCUT2D eigenvalue weighted by molar-refractivity contribution is 5.83. The van der Waals surface area contributed by atoms with Crippen LogP contribution in [0.3, 0.4) is 0 Å². The third-order valence-corrected chi connectivity index (χ3v) is 3.59. The van der Waals surface area contributed by atoms with Gasteiger partial charge in [0.15, 0.2) is 0 Å². The molecule has 1 heterocycles. The Hall–Kier alpha value is -3.01. The van der Waals surface area contributed by atoms with E-state index in [0.29, 0.717) is 23.5 Å². The van der Waals surface area contributed by atoms with E-state index in [-0.39, 0.29) is 5.63 Å². The van der Waals surface area contributed by atoms with Gasteiger partial charge in [0.25, 0.3) is 0 Å². The highest BCUT2D eigenvalue weighted by Crippen LogP contribution is 2.25. The predicted octanol–water partition coefficient (Wildman–Crippen LogP) is 4.42. The molecule has 0 aliphatic heterocycles. The lowest BCUT2D eigenvalue weighted by Crippen LogP contribution is -2.03. The van der Waals surface area contributed by atoms with Crippen LogP contribution >= 0.6 is 0 Å². The quantitative estimate of drug-likeness (QED) is 0.515. The van der Waals surface area contributed by atoms with Crippen molar-refractivity contribution in [3.8, 4) is 22.6 Å². The van der Waals surface area contributed by atoms with Crippen molar-refractivity contribution in [1.29, 1.82) is 0 Å². The van der Waals surface area contributed by atoms with Crippen LogP contribution in [0.4, 0.5) is 0 Å². The van der Waals surface area contributed by atoms with E-state index in [2.05, 4.69) is 6.58 Å². The molecule has 4 heteroatoms. The highest BCUT2D eigenvalue weighted by Gasteiger charge is 2.09. The molecule has 0 atom stereocenters. The number of methoxy groups -OCH3 is 1. The Balaban J connectivity index is 1.97. The van der Waals surface area contributed by atoms with E-state index in [1.807, 2.05) is 43.3 Å². The average Bonchev–Trinajstić information content (AvgIpc) is 2.59. The first-order valence-electron chi connectivity index (χ1n) is 7.56. The van der Waals surface area contributed by atoms with Crippen molar-refractivity contribution in [2.24, 2.45) is 0 Å². The van der Waals surface area contributed by atoms with Crippen LogP contribution in [0, 0.1) is 0 Å². The van der Waals surface area contributed by atoms with E-state index in [1.54, 1.807) is 19.2 Å². The third-order valence-electron chi connectivity index (χ3n) is 3.59. The van der Waals surface area contributed by atoms with E-state index in [9.17, 15) is 4.79 Å². The van der Waals surface area contributed by atoms with Crippen LogP contribution < -0.4 is 15.1 Å². The average molecular weight is 322 g/mol. The van der Waals surface area contributed by atoms with E-state index in [1.165, 1.54) is 0 Å². The Kier molecular flexibility index (Phi) is 4.38. The second kappa shape index (κ2) is 6.62. The molecule has 2 aromatic carbocycles. The second-order valence-electron chi connectivity index (χ2n) is 5.62. The third kappa shape index (κ3) is 3.33. The van der Waals surface area contributed by atoms with Crippen molar-refractivity contribution in [2.75, 3.05) is 13.7 Å². The molecule has 0 radical (unpaired) electrons. The Morgan fingerprint density at radius 3 is 2.46 bits per heavy atom. The van der Waals surface area contributed by atoms with Gasteiger partial charge in [0.1, 0.15) is 23.7 Å². The predicted molar refractivity (Wildman–Crippen MR) is 94.8 cm³/mol. The molecule has 0 saturated heterocycles. The number of ether oxygens (including phenoxy) is 2. The van der Waals surface area contributed by atoms with E-state index >= 15 is 0 Å². The first-order chi connectivity index (χ1) is 11.6. The highest BCUT2D eigenvalue weighted by atomic mass is 16.5. The lowest BCUT2D eigenvalue weighted by atomic mass is 10.1. The monoisotopic (exact) mass is 322 g/mol. The summed E-state index contributed by atoms with van der Waals surface area (Å²) >= 11 is 0. The summed E-state index contributed by atoms with van der Waals surface area (Å²) in [5.74, 6) is 1.44. The van der Waals surface area contributed by atoms with Crippen LogP contribution in [0.2, 0.25) is 0 Å². The summed E-state index contributed by atoms with van der Waals surface area (Å²) < 4.78 is 16.2. The van der Waals surface area contributed by atoms with Gasteiger partial charge in [-0.1, -0.05) is 18.7 Å².